The standard InChI is InChI=1S/C11H10FN3O5S/c1-6-3-8(12)9(15(16)17)4-10(6)21(18,19)14-11-13-7(2)5-20-11/h3-5H,1-2H3,(H,13,14). The van der Waals surface area contributed by atoms with Crippen molar-refractivity contribution < 1.29 is 22.1 Å². The van der Waals surface area contributed by atoms with Crippen molar-refractivity contribution in [2.45, 2.75) is 18.7 Å². The summed E-state index contributed by atoms with van der Waals surface area (Å²) in [4.78, 5) is 13.0. The molecule has 21 heavy (non-hydrogen) atoms. The monoisotopic (exact) mass is 315 g/mol. The van der Waals surface area contributed by atoms with Crippen molar-refractivity contribution >= 4 is 21.7 Å². The molecule has 1 heterocycles. The number of nitrogens with one attached hydrogen (secondary N) is 1. The molecular formula is C11H10FN3O5S. The molecule has 0 amide bonds. The first kappa shape index (κ1) is 14.9. The van der Waals surface area contributed by atoms with Crippen molar-refractivity contribution in [3.8, 4) is 0 Å². The van der Waals surface area contributed by atoms with Gasteiger partial charge in [-0.1, -0.05) is 0 Å². The Morgan fingerprint density at radius 1 is 1.38 bits per heavy atom. The molecule has 0 atom stereocenters. The number of nitro benzene ring substituents is 1. The number of nitro groups is 1. The summed E-state index contributed by atoms with van der Waals surface area (Å²) in [6.45, 7) is 2.91. The van der Waals surface area contributed by atoms with E-state index in [0.717, 1.165) is 6.07 Å². The van der Waals surface area contributed by atoms with E-state index in [-0.39, 0.29) is 11.6 Å². The second kappa shape index (κ2) is 5.13. The molecule has 0 aliphatic heterocycles. The Morgan fingerprint density at radius 2 is 2.05 bits per heavy atom. The van der Waals surface area contributed by atoms with Crippen LogP contribution in [0.2, 0.25) is 0 Å². The molecule has 1 aromatic carbocycles. The second-order valence-corrected chi connectivity index (χ2v) is 5.88. The van der Waals surface area contributed by atoms with Crippen LogP contribution < -0.4 is 4.72 Å². The number of hydrogen-bond donors (Lipinski definition) is 1. The molecule has 0 bridgehead atoms. The smallest absolute Gasteiger partial charge is 0.309 e. The Balaban J connectivity index is 2.49. The lowest BCUT2D eigenvalue weighted by Gasteiger charge is -2.08. The highest BCUT2D eigenvalue weighted by atomic mass is 32.2. The number of rotatable bonds is 4. The van der Waals surface area contributed by atoms with Gasteiger partial charge in [-0.25, -0.2) is 13.1 Å². The van der Waals surface area contributed by atoms with E-state index >= 15 is 0 Å². The average molecular weight is 315 g/mol. The number of hydrogen-bond acceptors (Lipinski definition) is 6. The van der Waals surface area contributed by atoms with Crippen LogP contribution in [0.1, 0.15) is 11.3 Å². The van der Waals surface area contributed by atoms with Gasteiger partial charge >= 0.3 is 11.7 Å². The molecule has 0 saturated carbocycles. The van der Waals surface area contributed by atoms with Crippen molar-refractivity contribution in [3.05, 3.63) is 45.6 Å². The Kier molecular flexibility index (Phi) is 3.64. The Morgan fingerprint density at radius 3 is 2.57 bits per heavy atom. The van der Waals surface area contributed by atoms with Crippen LogP contribution in [0.5, 0.6) is 0 Å². The molecule has 0 saturated heterocycles. The second-order valence-electron chi connectivity index (χ2n) is 4.23. The van der Waals surface area contributed by atoms with Gasteiger partial charge in [-0.2, -0.15) is 9.37 Å². The minimum atomic E-state index is -4.18. The van der Waals surface area contributed by atoms with E-state index in [4.69, 9.17) is 4.42 Å². The highest BCUT2D eigenvalue weighted by molar-refractivity contribution is 7.92. The number of anilines is 1. The van der Waals surface area contributed by atoms with Gasteiger partial charge < -0.3 is 4.42 Å². The molecule has 0 aliphatic rings. The predicted octanol–water partition coefficient (Wildman–Crippen LogP) is 2.14. The van der Waals surface area contributed by atoms with Crippen LogP contribution in [-0.2, 0) is 10.0 Å². The van der Waals surface area contributed by atoms with Gasteiger partial charge in [-0.05, 0) is 25.5 Å². The molecule has 8 nitrogen and oxygen atoms in total. The molecule has 2 aromatic rings. The number of sulfonamides is 1. The zero-order valence-electron chi connectivity index (χ0n) is 11.0. The third-order valence-corrected chi connectivity index (χ3v) is 4.03. The summed E-state index contributed by atoms with van der Waals surface area (Å²) in [5.74, 6) is -1.11. The lowest BCUT2D eigenvalue weighted by atomic mass is 10.2. The number of aromatic nitrogens is 1. The molecule has 1 aromatic heterocycles. The van der Waals surface area contributed by atoms with Gasteiger partial charge in [0, 0.05) is 6.07 Å². The fourth-order valence-corrected chi connectivity index (χ4v) is 2.83. The summed E-state index contributed by atoms with van der Waals surface area (Å²) >= 11 is 0. The fourth-order valence-electron chi connectivity index (χ4n) is 1.64. The van der Waals surface area contributed by atoms with Crippen molar-refractivity contribution in [2.24, 2.45) is 0 Å². The molecule has 10 heteroatoms. The third-order valence-electron chi connectivity index (χ3n) is 2.57. The summed E-state index contributed by atoms with van der Waals surface area (Å²) in [5.41, 5.74) is -0.451. The first-order valence-corrected chi connectivity index (χ1v) is 7.08. The van der Waals surface area contributed by atoms with Crippen LogP contribution in [0.15, 0.2) is 27.7 Å². The SMILES string of the molecule is Cc1coc(NS(=O)(=O)c2cc([N+](=O)[O-])c(F)cc2C)n1. The minimum Gasteiger partial charge on any atom is -0.431 e. The zero-order valence-corrected chi connectivity index (χ0v) is 11.8. The third kappa shape index (κ3) is 2.99. The van der Waals surface area contributed by atoms with Crippen molar-refractivity contribution in [1.82, 2.24) is 4.98 Å². The van der Waals surface area contributed by atoms with Gasteiger partial charge in [0.1, 0.15) is 6.26 Å². The lowest BCUT2D eigenvalue weighted by Crippen LogP contribution is -2.15. The Labute approximate surface area is 118 Å². The summed E-state index contributed by atoms with van der Waals surface area (Å²) in [6, 6.07) is 1.16. The van der Waals surface area contributed by atoms with Crippen LogP contribution in [-0.4, -0.2) is 18.3 Å². The molecule has 0 aliphatic carbocycles. The summed E-state index contributed by atoms with van der Waals surface area (Å²) < 4.78 is 44.6. The van der Waals surface area contributed by atoms with E-state index in [9.17, 15) is 22.9 Å². The number of aryl methyl sites for hydroxylation is 2. The van der Waals surface area contributed by atoms with Gasteiger partial charge in [-0.15, -0.1) is 0 Å². The zero-order chi connectivity index (χ0) is 15.8. The van der Waals surface area contributed by atoms with Crippen molar-refractivity contribution in [3.63, 3.8) is 0 Å². The number of benzene rings is 1. The predicted molar refractivity (Wildman–Crippen MR) is 69.8 cm³/mol. The van der Waals surface area contributed by atoms with E-state index in [1.165, 1.54) is 13.2 Å². The van der Waals surface area contributed by atoms with Crippen LogP contribution in [0.3, 0.4) is 0 Å². The molecule has 1 N–H and O–H groups in total. The molecule has 0 spiro atoms. The Bertz CT molecular complexity index is 815. The van der Waals surface area contributed by atoms with E-state index in [0.29, 0.717) is 11.8 Å². The molecular weight excluding hydrogens is 305 g/mol. The molecule has 2 rings (SSSR count). The van der Waals surface area contributed by atoms with Crippen molar-refractivity contribution in [1.29, 1.82) is 0 Å². The first-order valence-electron chi connectivity index (χ1n) is 5.60. The largest absolute Gasteiger partial charge is 0.431 e. The van der Waals surface area contributed by atoms with Crippen LogP contribution in [0, 0.1) is 29.8 Å². The maximum Gasteiger partial charge on any atom is 0.309 e. The highest BCUT2D eigenvalue weighted by Crippen LogP contribution is 2.26. The number of oxazole rings is 1. The topological polar surface area (TPSA) is 115 Å². The molecule has 0 radical (unpaired) electrons. The highest BCUT2D eigenvalue weighted by Gasteiger charge is 2.25. The lowest BCUT2D eigenvalue weighted by molar-refractivity contribution is -0.387. The van der Waals surface area contributed by atoms with E-state index in [1.54, 1.807) is 6.92 Å². The normalized spacial score (nSPS) is 11.4. The van der Waals surface area contributed by atoms with E-state index in [2.05, 4.69) is 4.98 Å². The fraction of sp³-hybridized carbons (Fsp3) is 0.182. The van der Waals surface area contributed by atoms with Gasteiger partial charge in [0.25, 0.3) is 10.0 Å². The Hall–Kier alpha value is -2.49. The number of halogens is 1. The average Bonchev–Trinajstić information content (AvgIpc) is 2.72. The van der Waals surface area contributed by atoms with Gasteiger partial charge in [0.15, 0.2) is 0 Å². The quantitative estimate of drug-likeness (QED) is 0.682. The summed E-state index contributed by atoms with van der Waals surface area (Å²) in [7, 11) is -4.18. The van der Waals surface area contributed by atoms with Gasteiger partial charge in [-0.3, -0.25) is 10.1 Å². The van der Waals surface area contributed by atoms with E-state index < -0.39 is 31.3 Å². The molecule has 0 unspecified atom stereocenters. The van der Waals surface area contributed by atoms with Crippen LogP contribution in [0.25, 0.3) is 0 Å². The van der Waals surface area contributed by atoms with E-state index in [1.807, 2.05) is 4.72 Å². The van der Waals surface area contributed by atoms with Gasteiger partial charge in [0.05, 0.1) is 15.5 Å². The summed E-state index contributed by atoms with van der Waals surface area (Å²) in [6.07, 6.45) is 1.23. The van der Waals surface area contributed by atoms with Crippen LogP contribution in [0.4, 0.5) is 16.1 Å². The summed E-state index contributed by atoms with van der Waals surface area (Å²) in [5, 5.41) is 10.7. The maximum absolute atomic E-state index is 13.4. The van der Waals surface area contributed by atoms with Gasteiger partial charge in [0.2, 0.25) is 5.82 Å². The van der Waals surface area contributed by atoms with Crippen molar-refractivity contribution in [2.75, 3.05) is 4.72 Å². The maximum atomic E-state index is 13.4. The molecule has 0 fully saturated rings. The minimum absolute atomic E-state index is 0.0221. The van der Waals surface area contributed by atoms with Crippen LogP contribution >= 0.6 is 0 Å². The first-order chi connectivity index (χ1) is 9.70. The molecule has 112 valence electrons. The number of nitrogens with zero attached hydrogens (tertiary/aromatic N) is 2.